The summed E-state index contributed by atoms with van der Waals surface area (Å²) >= 11 is 0. The molecule has 4 amide bonds. The first-order valence-corrected chi connectivity index (χ1v) is 16.0. The summed E-state index contributed by atoms with van der Waals surface area (Å²) in [6.45, 7) is 7.99. The second kappa shape index (κ2) is 16.4. The van der Waals surface area contributed by atoms with E-state index in [0.717, 1.165) is 5.56 Å². The normalized spacial score (nSPS) is 19.3. The molecule has 0 aliphatic carbocycles. The number of nitrogens with zero attached hydrogens (tertiary/aromatic N) is 3. The van der Waals surface area contributed by atoms with Crippen molar-refractivity contribution >= 4 is 29.6 Å². The summed E-state index contributed by atoms with van der Waals surface area (Å²) in [7, 11) is 0. The number of likely N-dealkylation sites (tertiary alicyclic amines) is 2. The standard InChI is InChI=1S/C32H52N8O4/c1-22(2)27(28(42)36-19-14-24-12-10-23(3)11-13-24)39-21-16-32(30(39)44)15-7-20-40(32)29(43)25(8-6-18-37-31(34)35)38-26(41)9-4-5-17-33/h10-13,22,25,27H,4-9,14-21,33H2,1-3H3,(H,36,42)(H,38,41)(H4,34,35,37)/t25-,27-,32-/m0/s1. The number of unbranched alkanes of at least 4 members (excludes halogenated alkanes) is 1. The predicted octanol–water partition coefficient (Wildman–Crippen LogP) is 0.939. The van der Waals surface area contributed by atoms with Gasteiger partial charge >= 0.3 is 0 Å². The number of amides is 4. The average Bonchev–Trinajstić information content (AvgIpc) is 3.55. The molecular formula is C32H52N8O4. The Morgan fingerprint density at radius 1 is 1.05 bits per heavy atom. The number of nitrogens with two attached hydrogens (primary N) is 3. The molecule has 0 radical (unpaired) electrons. The second-order valence-electron chi connectivity index (χ2n) is 12.4. The molecule has 2 aliphatic heterocycles. The van der Waals surface area contributed by atoms with Crippen LogP contribution >= 0.6 is 0 Å². The Kier molecular flexibility index (Phi) is 13.0. The lowest BCUT2D eigenvalue weighted by Crippen LogP contribution is -2.60. The van der Waals surface area contributed by atoms with Crippen LogP contribution in [-0.2, 0) is 25.6 Å². The topological polar surface area (TPSA) is 189 Å². The van der Waals surface area contributed by atoms with Crippen molar-refractivity contribution in [3.8, 4) is 0 Å². The van der Waals surface area contributed by atoms with E-state index in [-0.39, 0.29) is 41.9 Å². The highest BCUT2D eigenvalue weighted by Crippen LogP contribution is 2.40. The van der Waals surface area contributed by atoms with Gasteiger partial charge in [0.2, 0.25) is 23.6 Å². The molecular weight excluding hydrogens is 560 g/mol. The number of hydrogen-bond donors (Lipinski definition) is 5. The summed E-state index contributed by atoms with van der Waals surface area (Å²) in [6.07, 6.45) is 4.76. The quantitative estimate of drug-likeness (QED) is 0.104. The fraction of sp³-hybridized carbons (Fsp3) is 0.656. The predicted molar refractivity (Wildman–Crippen MR) is 171 cm³/mol. The minimum Gasteiger partial charge on any atom is -0.370 e. The minimum atomic E-state index is -1.02. The van der Waals surface area contributed by atoms with Crippen LogP contribution in [0.1, 0.15) is 76.3 Å². The van der Waals surface area contributed by atoms with Crippen molar-refractivity contribution in [3.05, 3.63) is 35.4 Å². The van der Waals surface area contributed by atoms with Gasteiger partial charge in [-0.1, -0.05) is 43.7 Å². The monoisotopic (exact) mass is 612 g/mol. The fourth-order valence-electron chi connectivity index (χ4n) is 6.37. The third-order valence-electron chi connectivity index (χ3n) is 8.69. The molecule has 0 saturated carbocycles. The van der Waals surface area contributed by atoms with Crippen LogP contribution in [0.2, 0.25) is 0 Å². The summed E-state index contributed by atoms with van der Waals surface area (Å²) in [5, 5.41) is 5.94. The largest absolute Gasteiger partial charge is 0.370 e. The van der Waals surface area contributed by atoms with E-state index in [2.05, 4.69) is 27.8 Å². The highest BCUT2D eigenvalue weighted by molar-refractivity contribution is 5.98. The fourth-order valence-corrected chi connectivity index (χ4v) is 6.37. The molecule has 1 aromatic carbocycles. The smallest absolute Gasteiger partial charge is 0.249 e. The van der Waals surface area contributed by atoms with Crippen molar-refractivity contribution < 1.29 is 19.2 Å². The van der Waals surface area contributed by atoms with Gasteiger partial charge in [0.15, 0.2) is 5.96 Å². The number of benzene rings is 1. The van der Waals surface area contributed by atoms with E-state index in [1.807, 2.05) is 32.9 Å². The summed E-state index contributed by atoms with van der Waals surface area (Å²) in [4.78, 5) is 61.7. The summed E-state index contributed by atoms with van der Waals surface area (Å²) in [6, 6.07) is 6.75. The van der Waals surface area contributed by atoms with Crippen molar-refractivity contribution in [2.75, 3.05) is 32.7 Å². The number of aliphatic imine (C=N–C) groups is 1. The summed E-state index contributed by atoms with van der Waals surface area (Å²) in [5.41, 5.74) is 17.8. The van der Waals surface area contributed by atoms with E-state index < -0.39 is 17.6 Å². The second-order valence-corrected chi connectivity index (χ2v) is 12.4. The van der Waals surface area contributed by atoms with Gasteiger partial charge in [0.05, 0.1) is 0 Å². The van der Waals surface area contributed by atoms with Crippen LogP contribution in [0.25, 0.3) is 0 Å². The van der Waals surface area contributed by atoms with Crippen LogP contribution in [0.5, 0.6) is 0 Å². The number of rotatable bonds is 16. The molecule has 12 heteroatoms. The van der Waals surface area contributed by atoms with Gasteiger partial charge in [-0.3, -0.25) is 24.2 Å². The van der Waals surface area contributed by atoms with Gasteiger partial charge in [0.1, 0.15) is 17.6 Å². The van der Waals surface area contributed by atoms with Gasteiger partial charge in [0, 0.05) is 32.6 Å². The lowest BCUT2D eigenvalue weighted by molar-refractivity contribution is -0.151. The average molecular weight is 613 g/mol. The zero-order chi connectivity index (χ0) is 32.3. The Morgan fingerprint density at radius 2 is 1.77 bits per heavy atom. The number of carbonyl (C=O) groups is 4. The maximum absolute atomic E-state index is 14.2. The molecule has 12 nitrogen and oxygen atoms in total. The first-order valence-electron chi connectivity index (χ1n) is 16.0. The van der Waals surface area contributed by atoms with E-state index in [4.69, 9.17) is 17.2 Å². The SMILES string of the molecule is Cc1ccc(CCNC(=O)[C@H](C(C)C)N2CC[C@@]3(CCCN3C(=O)[C@H](CCCN=C(N)N)NC(=O)CCCCN)C2=O)cc1. The van der Waals surface area contributed by atoms with Crippen LogP contribution in [0, 0.1) is 12.8 Å². The molecule has 3 rings (SSSR count). The van der Waals surface area contributed by atoms with Crippen molar-refractivity contribution in [1.82, 2.24) is 20.4 Å². The highest BCUT2D eigenvalue weighted by Gasteiger charge is 2.57. The van der Waals surface area contributed by atoms with Gasteiger partial charge in [-0.25, -0.2) is 0 Å². The molecule has 0 bridgehead atoms. The maximum atomic E-state index is 14.2. The van der Waals surface area contributed by atoms with E-state index >= 15 is 0 Å². The molecule has 2 heterocycles. The van der Waals surface area contributed by atoms with Gasteiger partial charge in [-0.2, -0.15) is 0 Å². The van der Waals surface area contributed by atoms with Crippen LogP contribution in [0.15, 0.2) is 29.3 Å². The molecule has 44 heavy (non-hydrogen) atoms. The molecule has 3 atom stereocenters. The van der Waals surface area contributed by atoms with Gasteiger partial charge in [0.25, 0.3) is 0 Å². The lowest BCUT2D eigenvalue weighted by Gasteiger charge is -2.37. The van der Waals surface area contributed by atoms with Crippen LogP contribution in [-0.4, -0.2) is 89.7 Å². The first kappa shape index (κ1) is 34.8. The number of nitrogens with one attached hydrogen (secondary N) is 2. The number of guanidine groups is 1. The van der Waals surface area contributed by atoms with Crippen LogP contribution in [0.4, 0.5) is 0 Å². The van der Waals surface area contributed by atoms with Crippen molar-refractivity contribution in [1.29, 1.82) is 0 Å². The molecule has 0 aromatic heterocycles. The number of aryl methyl sites for hydroxylation is 1. The Morgan fingerprint density at radius 3 is 2.43 bits per heavy atom. The van der Waals surface area contributed by atoms with Crippen molar-refractivity contribution in [2.24, 2.45) is 28.1 Å². The van der Waals surface area contributed by atoms with E-state index in [9.17, 15) is 19.2 Å². The zero-order valence-electron chi connectivity index (χ0n) is 26.6. The van der Waals surface area contributed by atoms with Crippen LogP contribution in [0.3, 0.4) is 0 Å². The number of carbonyl (C=O) groups excluding carboxylic acids is 4. The van der Waals surface area contributed by atoms with Crippen molar-refractivity contribution in [2.45, 2.75) is 96.2 Å². The highest BCUT2D eigenvalue weighted by atomic mass is 16.2. The van der Waals surface area contributed by atoms with E-state index in [1.54, 1.807) is 9.80 Å². The summed E-state index contributed by atoms with van der Waals surface area (Å²) in [5.74, 6) is -1.03. The number of hydrogen-bond acceptors (Lipinski definition) is 6. The molecule has 2 aliphatic rings. The zero-order valence-corrected chi connectivity index (χ0v) is 26.6. The molecule has 8 N–H and O–H groups in total. The Balaban J connectivity index is 1.72. The van der Waals surface area contributed by atoms with Gasteiger partial charge in [-0.05, 0) is 76.3 Å². The third-order valence-corrected chi connectivity index (χ3v) is 8.69. The van der Waals surface area contributed by atoms with Gasteiger partial charge < -0.3 is 37.6 Å². The summed E-state index contributed by atoms with van der Waals surface area (Å²) < 4.78 is 0. The molecule has 2 fully saturated rings. The third kappa shape index (κ3) is 8.93. The molecule has 1 aromatic rings. The Bertz CT molecular complexity index is 1170. The lowest BCUT2D eigenvalue weighted by atomic mass is 9.92. The Hall–Kier alpha value is -3.67. The van der Waals surface area contributed by atoms with E-state index in [0.29, 0.717) is 84.1 Å². The van der Waals surface area contributed by atoms with Crippen molar-refractivity contribution in [3.63, 3.8) is 0 Å². The minimum absolute atomic E-state index is 0.0345. The first-order chi connectivity index (χ1) is 21.0. The van der Waals surface area contributed by atoms with E-state index in [1.165, 1.54) is 5.56 Å². The molecule has 244 valence electrons. The van der Waals surface area contributed by atoms with Crippen LogP contribution < -0.4 is 27.8 Å². The van der Waals surface area contributed by atoms with Gasteiger partial charge in [-0.15, -0.1) is 0 Å². The Labute approximate surface area is 261 Å². The maximum Gasteiger partial charge on any atom is 0.249 e. The molecule has 0 unspecified atom stereocenters. The molecule has 1 spiro atoms. The molecule has 2 saturated heterocycles.